The molecule has 0 atom stereocenters. The third-order valence-electron chi connectivity index (χ3n) is 9.33. The number of hydrogen-bond acceptors (Lipinski definition) is 6. The fraction of sp³-hybridized carbons (Fsp3) is 0.348. The summed E-state index contributed by atoms with van der Waals surface area (Å²) < 4.78 is 52.2. The zero-order valence-electron chi connectivity index (χ0n) is 33.8. The Balaban J connectivity index is 1.88. The summed E-state index contributed by atoms with van der Waals surface area (Å²) in [6.07, 6.45) is 0. The van der Waals surface area contributed by atoms with Crippen LogP contribution < -0.4 is 22.6 Å². The van der Waals surface area contributed by atoms with Crippen molar-refractivity contribution in [3.8, 4) is 28.7 Å². The summed E-state index contributed by atoms with van der Waals surface area (Å²) in [5.41, 5.74) is 2.12. The molecule has 0 N–H and O–H groups in total. The number of benzene rings is 5. The molecule has 1 heterocycles. The van der Waals surface area contributed by atoms with E-state index in [1.165, 1.54) is 0 Å². The minimum atomic E-state index is -5.59. The zero-order chi connectivity index (χ0) is 39.3. The molecule has 0 amide bonds. The van der Waals surface area contributed by atoms with Crippen molar-refractivity contribution in [1.29, 1.82) is 0 Å². The van der Waals surface area contributed by atoms with Gasteiger partial charge in [-0.3, -0.25) is 0 Å². The van der Waals surface area contributed by atoms with E-state index in [-0.39, 0.29) is 10.8 Å². The Morgan fingerprint density at radius 3 is 1.00 bits per heavy atom. The molecule has 0 radical (unpaired) electrons. The fourth-order valence-corrected chi connectivity index (χ4v) is 10.4. The fourth-order valence-electron chi connectivity index (χ4n) is 6.21. The Hall–Kier alpha value is -4.32. The first-order chi connectivity index (χ1) is 25.1. The molecular formula is C46H55O6PS. The van der Waals surface area contributed by atoms with E-state index in [9.17, 15) is 0 Å². The van der Waals surface area contributed by atoms with Gasteiger partial charge in [-0.15, -0.1) is 0 Å². The monoisotopic (exact) mass is 766 g/mol. The zero-order valence-corrected chi connectivity index (χ0v) is 35.5. The second-order valence-corrected chi connectivity index (χ2v) is 21.9. The second kappa shape index (κ2) is 13.8. The van der Waals surface area contributed by atoms with Crippen molar-refractivity contribution in [2.24, 2.45) is 0 Å². The number of para-hydroxylation sites is 3. The number of hydrogen-bond donors (Lipinski definition) is 0. The van der Waals surface area contributed by atoms with Crippen molar-refractivity contribution in [2.75, 3.05) is 0 Å². The van der Waals surface area contributed by atoms with Crippen LogP contribution in [0.1, 0.15) is 105 Å². The van der Waals surface area contributed by atoms with Gasteiger partial charge in [-0.2, -0.15) is 0 Å². The van der Waals surface area contributed by atoms with Crippen LogP contribution in [0, 0.1) is 0 Å². The first kappa shape index (κ1) is 39.4. The molecule has 0 aliphatic carbocycles. The van der Waals surface area contributed by atoms with E-state index in [4.69, 9.17) is 22.6 Å². The number of rotatable bonds is 6. The topological polar surface area (TPSA) is 63.2 Å². The Bertz CT molecular complexity index is 1960. The van der Waals surface area contributed by atoms with Crippen LogP contribution in [0.2, 0.25) is 0 Å². The second-order valence-electron chi connectivity index (χ2n) is 18.1. The SMILES string of the molecule is CC(C)(C)c1cc2c(c(C(C)(C)C)c1)OP(Oc1ccccc1)(Oc1ccccc1)(Oc1ccccc1)Oc1c(cc(C(C)(C)C)cc1C(C)(C)C)S2=O. The molecule has 54 heavy (non-hydrogen) atoms. The molecule has 5 aromatic rings. The van der Waals surface area contributed by atoms with Gasteiger partial charge in [0.05, 0.1) is 0 Å². The summed E-state index contributed by atoms with van der Waals surface area (Å²) in [7, 11) is -7.38. The average molecular weight is 767 g/mol. The van der Waals surface area contributed by atoms with Gasteiger partial charge in [0.25, 0.3) is 0 Å². The molecule has 0 bridgehead atoms. The van der Waals surface area contributed by atoms with Gasteiger partial charge in [-0.1, -0.05) is 0 Å². The van der Waals surface area contributed by atoms with Gasteiger partial charge in [0.15, 0.2) is 0 Å². The molecule has 0 saturated heterocycles. The van der Waals surface area contributed by atoms with Crippen LogP contribution in [0.15, 0.2) is 125 Å². The summed E-state index contributed by atoms with van der Waals surface area (Å²) in [5, 5.41) is 0. The molecule has 0 unspecified atom stereocenters. The van der Waals surface area contributed by atoms with Gasteiger partial charge in [0.1, 0.15) is 0 Å². The van der Waals surface area contributed by atoms with Gasteiger partial charge in [-0.05, 0) is 0 Å². The minimum absolute atomic E-state index is 0.280. The first-order valence-electron chi connectivity index (χ1n) is 18.5. The summed E-state index contributed by atoms with van der Waals surface area (Å²) in [6, 6.07) is 36.2. The molecule has 286 valence electrons. The van der Waals surface area contributed by atoms with Gasteiger partial charge < -0.3 is 0 Å². The average Bonchev–Trinajstić information content (AvgIpc) is 3.07. The van der Waals surface area contributed by atoms with Crippen LogP contribution in [0.4, 0.5) is 0 Å². The summed E-state index contributed by atoms with van der Waals surface area (Å²) in [6.45, 7) is 25.7. The van der Waals surface area contributed by atoms with Crippen molar-refractivity contribution >= 4 is 18.5 Å². The van der Waals surface area contributed by atoms with E-state index < -0.39 is 29.4 Å². The Morgan fingerprint density at radius 1 is 0.444 bits per heavy atom. The van der Waals surface area contributed by atoms with Gasteiger partial charge >= 0.3 is 326 Å². The molecule has 5 aromatic carbocycles. The quantitative estimate of drug-likeness (QED) is 0.160. The van der Waals surface area contributed by atoms with E-state index >= 15 is 4.21 Å². The van der Waals surface area contributed by atoms with Crippen LogP contribution in [0.3, 0.4) is 0 Å². The van der Waals surface area contributed by atoms with Crippen LogP contribution in [0.25, 0.3) is 0 Å². The predicted molar refractivity (Wildman–Crippen MR) is 222 cm³/mol. The molecule has 0 aromatic heterocycles. The third-order valence-corrected chi connectivity index (χ3v) is 13.2. The van der Waals surface area contributed by atoms with E-state index in [0.29, 0.717) is 38.5 Å². The molecule has 6 rings (SSSR count). The molecule has 0 spiro atoms. The normalized spacial score (nSPS) is 17.5. The van der Waals surface area contributed by atoms with Gasteiger partial charge in [-0.25, -0.2) is 0 Å². The van der Waals surface area contributed by atoms with E-state index in [2.05, 4.69) is 95.2 Å². The number of fused-ring (bicyclic) bond motifs is 2. The van der Waals surface area contributed by atoms with Crippen LogP contribution in [0.5, 0.6) is 28.7 Å². The van der Waals surface area contributed by atoms with E-state index in [1.54, 1.807) is 0 Å². The van der Waals surface area contributed by atoms with E-state index in [1.807, 2.05) is 103 Å². The van der Waals surface area contributed by atoms with Crippen LogP contribution in [-0.2, 0) is 32.5 Å². The van der Waals surface area contributed by atoms with Crippen molar-refractivity contribution in [2.45, 2.75) is 115 Å². The van der Waals surface area contributed by atoms with Crippen molar-refractivity contribution in [3.05, 3.63) is 138 Å². The maximum absolute atomic E-state index is 15.6. The molecule has 0 fully saturated rings. The predicted octanol–water partition coefficient (Wildman–Crippen LogP) is 13.2. The molecule has 1 aliphatic heterocycles. The van der Waals surface area contributed by atoms with Gasteiger partial charge in [0.2, 0.25) is 0 Å². The molecule has 8 heteroatoms. The standard InChI is InChI=1S/C46H55O6PS/c1-43(2,3)32-28-37(45(7,8)9)41-39(30-32)54(47)40-31-33(44(4,5)6)29-38(46(10,11)12)42(40)52-53(51-41,48-34-22-16-13-17-23-34,49-35-24-18-14-19-25-35)50-36-26-20-15-21-27-36/h13-31H,1-12H3. The van der Waals surface area contributed by atoms with Crippen molar-refractivity contribution in [1.82, 2.24) is 0 Å². The van der Waals surface area contributed by atoms with Crippen molar-refractivity contribution < 1.29 is 26.8 Å². The molecule has 1 aliphatic rings. The van der Waals surface area contributed by atoms with Crippen LogP contribution >= 0.6 is 7.74 Å². The molecule has 0 saturated carbocycles. The first-order valence-corrected chi connectivity index (χ1v) is 21.5. The van der Waals surface area contributed by atoms with Crippen molar-refractivity contribution in [3.63, 3.8) is 0 Å². The Kier molecular flexibility index (Phi) is 10.0. The summed E-state index contributed by atoms with van der Waals surface area (Å²) in [4.78, 5) is 0.976. The molecule has 6 nitrogen and oxygen atoms in total. The maximum atomic E-state index is 15.6. The summed E-state index contributed by atoms with van der Waals surface area (Å²) >= 11 is 0. The Morgan fingerprint density at radius 2 is 0.741 bits per heavy atom. The Labute approximate surface area is 325 Å². The summed E-state index contributed by atoms with van der Waals surface area (Å²) in [5.74, 6) is 1.87. The molecular weight excluding hydrogens is 712 g/mol. The van der Waals surface area contributed by atoms with Crippen LogP contribution in [-0.4, -0.2) is 4.21 Å². The van der Waals surface area contributed by atoms with Gasteiger partial charge in [0, 0.05) is 0 Å². The third kappa shape index (κ3) is 8.04. The van der Waals surface area contributed by atoms with E-state index in [0.717, 1.165) is 22.3 Å².